The summed E-state index contributed by atoms with van der Waals surface area (Å²) in [5, 5.41) is 4.48. The first-order valence-electron chi connectivity index (χ1n) is 3.42. The lowest BCUT2D eigenvalue weighted by molar-refractivity contribution is -0.102. The van der Waals surface area contributed by atoms with Gasteiger partial charge in [-0.2, -0.15) is 5.10 Å². The van der Waals surface area contributed by atoms with Crippen LogP contribution < -0.4 is 5.43 Å². The quantitative estimate of drug-likeness (QED) is 0.480. The first-order chi connectivity index (χ1) is 6.25. The van der Waals surface area contributed by atoms with E-state index in [0.717, 1.165) is 6.21 Å². The highest BCUT2D eigenvalue weighted by Gasteiger charge is 2.02. The average molecular weight is 217 g/mol. The molecule has 0 aliphatic heterocycles. The van der Waals surface area contributed by atoms with Crippen LogP contribution >= 0.6 is 23.2 Å². The molecule has 68 valence electrons. The molecule has 0 aromatic heterocycles. The fraction of sp³-hybridized carbons (Fsp3) is 0. The fourth-order valence-corrected chi connectivity index (χ4v) is 1.22. The largest absolute Gasteiger partial charge is 0.297 e. The maximum atomic E-state index is 9.91. The number of anilines is 1. The standard InChI is InChI=1S/C8H6Cl2N2O/c9-6-2-1-3-7(10)8(6)12-11-4-5-13/h1-5,12H/b11-4-. The molecular formula is C8H6Cl2N2O. The molecule has 0 bridgehead atoms. The highest BCUT2D eigenvalue weighted by atomic mass is 35.5. The molecule has 13 heavy (non-hydrogen) atoms. The number of para-hydroxylation sites is 1. The minimum absolute atomic E-state index is 0.454. The molecule has 0 fully saturated rings. The minimum atomic E-state index is 0.454. The molecule has 0 spiro atoms. The van der Waals surface area contributed by atoms with E-state index >= 15 is 0 Å². The minimum Gasteiger partial charge on any atom is -0.297 e. The average Bonchev–Trinajstić information content (AvgIpc) is 2.10. The van der Waals surface area contributed by atoms with Gasteiger partial charge in [-0.15, -0.1) is 0 Å². The van der Waals surface area contributed by atoms with Crippen LogP contribution in [-0.4, -0.2) is 12.5 Å². The zero-order valence-electron chi connectivity index (χ0n) is 6.50. The second kappa shape index (κ2) is 4.84. The second-order valence-electron chi connectivity index (χ2n) is 2.12. The Morgan fingerprint density at radius 2 is 1.92 bits per heavy atom. The van der Waals surface area contributed by atoms with E-state index in [4.69, 9.17) is 23.2 Å². The van der Waals surface area contributed by atoms with Crippen LogP contribution in [0.1, 0.15) is 0 Å². The highest BCUT2D eigenvalue weighted by molar-refractivity contribution is 6.39. The van der Waals surface area contributed by atoms with Crippen molar-refractivity contribution in [2.75, 3.05) is 5.43 Å². The van der Waals surface area contributed by atoms with Crippen LogP contribution in [0.3, 0.4) is 0 Å². The zero-order valence-corrected chi connectivity index (χ0v) is 8.01. The molecule has 3 nitrogen and oxygen atoms in total. The molecule has 0 amide bonds. The van der Waals surface area contributed by atoms with Gasteiger partial charge in [0.1, 0.15) is 0 Å². The number of halogens is 2. The summed E-state index contributed by atoms with van der Waals surface area (Å²) in [5.41, 5.74) is 3.05. The van der Waals surface area contributed by atoms with Crippen LogP contribution in [-0.2, 0) is 4.79 Å². The topological polar surface area (TPSA) is 41.5 Å². The summed E-state index contributed by atoms with van der Waals surface area (Å²) in [6.07, 6.45) is 1.62. The number of carbonyl (C=O) groups excluding carboxylic acids is 1. The molecular weight excluding hydrogens is 211 g/mol. The summed E-state index contributed by atoms with van der Waals surface area (Å²) in [6.45, 7) is 0. The third-order valence-electron chi connectivity index (χ3n) is 1.27. The number of hydrogen-bond acceptors (Lipinski definition) is 3. The van der Waals surface area contributed by atoms with E-state index in [1.165, 1.54) is 0 Å². The van der Waals surface area contributed by atoms with Crippen LogP contribution in [0.2, 0.25) is 10.0 Å². The molecule has 0 aliphatic carbocycles. The molecule has 1 aromatic carbocycles. The number of nitrogens with one attached hydrogen (secondary N) is 1. The van der Waals surface area contributed by atoms with Crippen molar-refractivity contribution in [3.63, 3.8) is 0 Å². The Labute approximate surface area is 85.3 Å². The van der Waals surface area contributed by atoms with Gasteiger partial charge in [0, 0.05) is 0 Å². The number of benzene rings is 1. The van der Waals surface area contributed by atoms with Gasteiger partial charge in [0.05, 0.1) is 21.9 Å². The monoisotopic (exact) mass is 216 g/mol. The van der Waals surface area contributed by atoms with Gasteiger partial charge >= 0.3 is 0 Å². The molecule has 0 heterocycles. The predicted molar refractivity (Wildman–Crippen MR) is 54.6 cm³/mol. The van der Waals surface area contributed by atoms with Crippen molar-refractivity contribution < 1.29 is 4.79 Å². The molecule has 5 heteroatoms. The SMILES string of the molecule is O=C/C=N\Nc1c(Cl)cccc1Cl. The van der Waals surface area contributed by atoms with E-state index < -0.39 is 0 Å². The Hall–Kier alpha value is -1.06. The predicted octanol–water partition coefficient (Wildman–Crippen LogP) is 2.59. The van der Waals surface area contributed by atoms with Crippen LogP contribution in [0.4, 0.5) is 5.69 Å². The summed E-state index contributed by atoms with van der Waals surface area (Å²) < 4.78 is 0. The Bertz CT molecular complexity index is 319. The number of carbonyl (C=O) groups is 1. The molecule has 1 N–H and O–H groups in total. The van der Waals surface area contributed by atoms with Crippen LogP contribution in [0.5, 0.6) is 0 Å². The van der Waals surface area contributed by atoms with E-state index in [1.54, 1.807) is 18.2 Å². The lowest BCUT2D eigenvalue weighted by Crippen LogP contribution is -1.91. The number of nitrogens with zero attached hydrogens (tertiary/aromatic N) is 1. The Kier molecular flexibility index (Phi) is 3.73. The summed E-state index contributed by atoms with van der Waals surface area (Å²) in [5.74, 6) is 0. The number of rotatable bonds is 3. The Morgan fingerprint density at radius 3 is 2.46 bits per heavy atom. The van der Waals surface area contributed by atoms with Gasteiger partial charge in [0.2, 0.25) is 0 Å². The maximum absolute atomic E-state index is 9.91. The third-order valence-corrected chi connectivity index (χ3v) is 1.90. The van der Waals surface area contributed by atoms with Gasteiger partial charge in [0.25, 0.3) is 0 Å². The van der Waals surface area contributed by atoms with Crippen molar-refractivity contribution in [3.8, 4) is 0 Å². The third kappa shape index (κ3) is 2.72. The van der Waals surface area contributed by atoms with Gasteiger partial charge < -0.3 is 0 Å². The highest BCUT2D eigenvalue weighted by Crippen LogP contribution is 2.29. The number of aldehydes is 1. The molecule has 0 saturated heterocycles. The number of hydrazone groups is 1. The molecule has 0 radical (unpaired) electrons. The molecule has 0 atom stereocenters. The zero-order chi connectivity index (χ0) is 9.68. The number of hydrogen-bond donors (Lipinski definition) is 1. The summed E-state index contributed by atoms with van der Waals surface area (Å²) >= 11 is 11.6. The lowest BCUT2D eigenvalue weighted by atomic mass is 10.3. The van der Waals surface area contributed by atoms with E-state index in [2.05, 4.69) is 10.5 Å². The summed E-state index contributed by atoms with van der Waals surface area (Å²) in [6, 6.07) is 5.07. The summed E-state index contributed by atoms with van der Waals surface area (Å²) in [7, 11) is 0. The van der Waals surface area contributed by atoms with Gasteiger partial charge in [-0.05, 0) is 12.1 Å². The lowest BCUT2D eigenvalue weighted by Gasteiger charge is -2.03. The van der Waals surface area contributed by atoms with Crippen molar-refractivity contribution in [1.29, 1.82) is 0 Å². The smallest absolute Gasteiger partial charge is 0.162 e. The Balaban J connectivity index is 2.86. The van der Waals surface area contributed by atoms with Crippen molar-refractivity contribution in [2.24, 2.45) is 5.10 Å². The molecule has 0 unspecified atom stereocenters. The van der Waals surface area contributed by atoms with Gasteiger partial charge in [-0.3, -0.25) is 10.2 Å². The van der Waals surface area contributed by atoms with Crippen molar-refractivity contribution in [1.82, 2.24) is 0 Å². The van der Waals surface area contributed by atoms with Gasteiger partial charge in [-0.1, -0.05) is 29.3 Å². The maximum Gasteiger partial charge on any atom is 0.162 e. The van der Waals surface area contributed by atoms with E-state index in [9.17, 15) is 4.79 Å². The van der Waals surface area contributed by atoms with E-state index in [1.807, 2.05) is 0 Å². The van der Waals surface area contributed by atoms with E-state index in [-0.39, 0.29) is 0 Å². The van der Waals surface area contributed by atoms with Gasteiger partial charge in [-0.25, -0.2) is 0 Å². The van der Waals surface area contributed by atoms with E-state index in [0.29, 0.717) is 22.0 Å². The van der Waals surface area contributed by atoms with Crippen LogP contribution in [0.15, 0.2) is 23.3 Å². The van der Waals surface area contributed by atoms with Crippen LogP contribution in [0, 0.1) is 0 Å². The second-order valence-corrected chi connectivity index (χ2v) is 2.94. The first kappa shape index (κ1) is 10.0. The Morgan fingerprint density at radius 1 is 1.31 bits per heavy atom. The van der Waals surface area contributed by atoms with Crippen molar-refractivity contribution in [3.05, 3.63) is 28.2 Å². The molecule has 1 rings (SSSR count). The van der Waals surface area contributed by atoms with Crippen LogP contribution in [0.25, 0.3) is 0 Å². The van der Waals surface area contributed by atoms with Crippen molar-refractivity contribution >= 4 is 41.4 Å². The first-order valence-corrected chi connectivity index (χ1v) is 4.18. The molecule has 0 aliphatic rings. The van der Waals surface area contributed by atoms with Crippen molar-refractivity contribution in [2.45, 2.75) is 0 Å². The molecule has 0 saturated carbocycles. The molecule has 1 aromatic rings. The fourth-order valence-electron chi connectivity index (χ4n) is 0.737. The summed E-state index contributed by atoms with van der Waals surface area (Å²) in [4.78, 5) is 9.91. The van der Waals surface area contributed by atoms with Gasteiger partial charge in [0.15, 0.2) is 6.29 Å². The normalized spacial score (nSPS) is 10.3.